The number of benzene rings is 1. The lowest BCUT2D eigenvalue weighted by Crippen LogP contribution is -2.33. The first-order chi connectivity index (χ1) is 9.05. The summed E-state index contributed by atoms with van der Waals surface area (Å²) in [7, 11) is 1.37. The SMILES string of the molecule is COCc1c(Cl)cc(C2(N=C=O)CCC2)c(F)c1F. The Morgan fingerprint density at radius 3 is 2.63 bits per heavy atom. The maximum Gasteiger partial charge on any atom is 0.235 e. The summed E-state index contributed by atoms with van der Waals surface area (Å²) in [5.74, 6) is -2.06. The van der Waals surface area contributed by atoms with Crippen LogP contribution in [0.3, 0.4) is 0 Å². The molecule has 0 radical (unpaired) electrons. The number of methoxy groups -OCH3 is 1. The number of isocyanates is 1. The van der Waals surface area contributed by atoms with Crippen LogP contribution in [0.1, 0.15) is 30.4 Å². The average Bonchev–Trinajstić information content (AvgIpc) is 2.34. The van der Waals surface area contributed by atoms with Gasteiger partial charge in [-0.1, -0.05) is 11.6 Å². The fourth-order valence-electron chi connectivity index (χ4n) is 2.29. The van der Waals surface area contributed by atoms with Crippen molar-refractivity contribution in [2.75, 3.05) is 7.11 Å². The number of nitrogens with zero attached hydrogens (tertiary/aromatic N) is 1. The van der Waals surface area contributed by atoms with Crippen molar-refractivity contribution in [3.05, 3.63) is 33.9 Å². The highest BCUT2D eigenvalue weighted by Crippen LogP contribution is 2.47. The Kier molecular flexibility index (Phi) is 3.99. The fraction of sp³-hybridized carbons (Fsp3) is 0.462. The van der Waals surface area contributed by atoms with Crippen molar-refractivity contribution in [1.82, 2.24) is 0 Å². The highest BCUT2D eigenvalue weighted by molar-refractivity contribution is 6.31. The Bertz CT molecular complexity index is 552. The molecular formula is C13H12ClF2NO2. The van der Waals surface area contributed by atoms with E-state index in [-0.39, 0.29) is 22.8 Å². The minimum absolute atomic E-state index is 0.0180. The van der Waals surface area contributed by atoms with Crippen molar-refractivity contribution in [3.63, 3.8) is 0 Å². The summed E-state index contributed by atoms with van der Waals surface area (Å²) in [6.45, 7) is -0.119. The van der Waals surface area contributed by atoms with Gasteiger partial charge in [-0.15, -0.1) is 0 Å². The van der Waals surface area contributed by atoms with E-state index in [0.29, 0.717) is 12.8 Å². The first-order valence-corrected chi connectivity index (χ1v) is 6.18. The molecule has 1 aliphatic carbocycles. The highest BCUT2D eigenvalue weighted by atomic mass is 35.5. The van der Waals surface area contributed by atoms with E-state index in [1.165, 1.54) is 19.3 Å². The average molecular weight is 288 g/mol. The van der Waals surface area contributed by atoms with Gasteiger partial charge in [0, 0.05) is 23.3 Å². The minimum Gasteiger partial charge on any atom is -0.380 e. The Hall–Kier alpha value is -1.29. The second-order valence-electron chi connectivity index (χ2n) is 4.53. The van der Waals surface area contributed by atoms with Gasteiger partial charge in [-0.3, -0.25) is 0 Å². The molecule has 0 spiro atoms. The van der Waals surface area contributed by atoms with Crippen LogP contribution in [0.15, 0.2) is 11.1 Å². The predicted molar refractivity (Wildman–Crippen MR) is 65.7 cm³/mol. The molecule has 0 N–H and O–H groups in total. The van der Waals surface area contributed by atoms with Crippen LogP contribution in [0.2, 0.25) is 5.02 Å². The van der Waals surface area contributed by atoms with Crippen LogP contribution in [0.5, 0.6) is 0 Å². The van der Waals surface area contributed by atoms with E-state index < -0.39 is 17.2 Å². The van der Waals surface area contributed by atoms with Gasteiger partial charge < -0.3 is 4.74 Å². The van der Waals surface area contributed by atoms with Crippen LogP contribution in [-0.4, -0.2) is 13.2 Å². The molecule has 2 rings (SSSR count). The zero-order valence-corrected chi connectivity index (χ0v) is 11.1. The monoisotopic (exact) mass is 287 g/mol. The third kappa shape index (κ3) is 2.29. The Balaban J connectivity index is 2.57. The van der Waals surface area contributed by atoms with Gasteiger partial charge >= 0.3 is 0 Å². The molecule has 102 valence electrons. The summed E-state index contributed by atoms with van der Waals surface area (Å²) < 4.78 is 32.9. The summed E-state index contributed by atoms with van der Waals surface area (Å²) in [4.78, 5) is 14.1. The maximum atomic E-state index is 14.1. The summed E-state index contributed by atoms with van der Waals surface area (Å²) in [6.07, 6.45) is 3.20. The number of carbonyl (C=O) groups excluding carboxylic acids is 1. The molecule has 0 heterocycles. The molecule has 0 bridgehead atoms. The number of rotatable bonds is 4. The Morgan fingerprint density at radius 2 is 2.16 bits per heavy atom. The molecule has 0 atom stereocenters. The summed E-state index contributed by atoms with van der Waals surface area (Å²) >= 11 is 5.95. The highest BCUT2D eigenvalue weighted by Gasteiger charge is 2.42. The smallest absolute Gasteiger partial charge is 0.235 e. The van der Waals surface area contributed by atoms with E-state index in [1.807, 2.05) is 0 Å². The second kappa shape index (κ2) is 5.37. The van der Waals surface area contributed by atoms with E-state index >= 15 is 0 Å². The zero-order chi connectivity index (χ0) is 14.0. The standard InChI is InChI=1S/C13H12ClF2NO2/c1-19-6-8-10(14)5-9(12(16)11(8)15)13(17-7-18)3-2-4-13/h5H,2-4,6H2,1H3. The van der Waals surface area contributed by atoms with E-state index in [9.17, 15) is 13.6 Å². The van der Waals surface area contributed by atoms with Crippen molar-refractivity contribution < 1.29 is 18.3 Å². The predicted octanol–water partition coefficient (Wildman–Crippen LogP) is 3.48. The van der Waals surface area contributed by atoms with Crippen LogP contribution in [0, 0.1) is 11.6 Å². The van der Waals surface area contributed by atoms with Gasteiger partial charge in [-0.05, 0) is 25.3 Å². The molecule has 0 amide bonds. The first kappa shape index (κ1) is 14.1. The normalized spacial score (nSPS) is 16.6. The molecule has 6 heteroatoms. The van der Waals surface area contributed by atoms with Crippen LogP contribution in [0.4, 0.5) is 8.78 Å². The maximum absolute atomic E-state index is 14.1. The van der Waals surface area contributed by atoms with Crippen molar-refractivity contribution in [3.8, 4) is 0 Å². The van der Waals surface area contributed by atoms with Crippen LogP contribution < -0.4 is 0 Å². The molecule has 1 aromatic carbocycles. The summed E-state index contributed by atoms with van der Waals surface area (Å²) in [6, 6.07) is 1.33. The minimum atomic E-state index is -1.04. The zero-order valence-electron chi connectivity index (χ0n) is 10.3. The molecule has 0 aromatic heterocycles. The van der Waals surface area contributed by atoms with E-state index in [1.54, 1.807) is 0 Å². The third-order valence-electron chi connectivity index (χ3n) is 3.48. The third-order valence-corrected chi connectivity index (χ3v) is 3.82. The van der Waals surface area contributed by atoms with Gasteiger partial charge in [0.05, 0.1) is 6.61 Å². The number of hydrogen-bond acceptors (Lipinski definition) is 3. The lowest BCUT2D eigenvalue weighted by Gasteiger charge is -2.37. The molecule has 1 saturated carbocycles. The lowest BCUT2D eigenvalue weighted by molar-refractivity contribution is 0.179. The van der Waals surface area contributed by atoms with Crippen molar-refractivity contribution in [2.24, 2.45) is 4.99 Å². The molecular weight excluding hydrogens is 276 g/mol. The Morgan fingerprint density at radius 1 is 1.47 bits per heavy atom. The molecule has 19 heavy (non-hydrogen) atoms. The molecule has 3 nitrogen and oxygen atoms in total. The van der Waals surface area contributed by atoms with Crippen LogP contribution in [-0.2, 0) is 21.7 Å². The molecule has 0 aliphatic heterocycles. The van der Waals surface area contributed by atoms with E-state index in [2.05, 4.69) is 4.99 Å². The van der Waals surface area contributed by atoms with Crippen LogP contribution in [0.25, 0.3) is 0 Å². The Labute approximate surface area is 114 Å². The molecule has 0 unspecified atom stereocenters. The van der Waals surface area contributed by atoms with Crippen LogP contribution >= 0.6 is 11.6 Å². The van der Waals surface area contributed by atoms with E-state index in [0.717, 1.165) is 6.42 Å². The van der Waals surface area contributed by atoms with Crippen molar-refractivity contribution >= 4 is 17.7 Å². The summed E-state index contributed by atoms with van der Waals surface area (Å²) in [5, 5.41) is 0.0723. The van der Waals surface area contributed by atoms with Gasteiger partial charge in [0.25, 0.3) is 0 Å². The van der Waals surface area contributed by atoms with Gasteiger partial charge in [0.15, 0.2) is 11.6 Å². The number of hydrogen-bond donors (Lipinski definition) is 0. The largest absolute Gasteiger partial charge is 0.380 e. The van der Waals surface area contributed by atoms with E-state index in [4.69, 9.17) is 16.3 Å². The molecule has 1 fully saturated rings. The quantitative estimate of drug-likeness (QED) is 0.483. The fourth-order valence-corrected chi connectivity index (χ4v) is 2.54. The number of halogens is 3. The summed E-state index contributed by atoms with van der Waals surface area (Å²) in [5.41, 5.74) is -1.03. The second-order valence-corrected chi connectivity index (χ2v) is 4.94. The van der Waals surface area contributed by atoms with Gasteiger partial charge in [-0.2, -0.15) is 4.99 Å². The molecule has 0 saturated heterocycles. The molecule has 1 aromatic rings. The van der Waals surface area contributed by atoms with Crippen molar-refractivity contribution in [2.45, 2.75) is 31.4 Å². The number of aliphatic imine (C=N–C) groups is 1. The first-order valence-electron chi connectivity index (χ1n) is 5.80. The van der Waals surface area contributed by atoms with Gasteiger partial charge in [-0.25, -0.2) is 13.6 Å². The number of ether oxygens (including phenoxy) is 1. The van der Waals surface area contributed by atoms with Gasteiger partial charge in [0.2, 0.25) is 6.08 Å². The lowest BCUT2D eigenvalue weighted by atomic mass is 9.72. The van der Waals surface area contributed by atoms with Crippen molar-refractivity contribution in [1.29, 1.82) is 0 Å². The topological polar surface area (TPSA) is 38.7 Å². The molecule has 1 aliphatic rings. The van der Waals surface area contributed by atoms with Gasteiger partial charge in [0.1, 0.15) is 5.54 Å².